The average molecular weight is 184 g/mol. The number of hydrogen-bond acceptors (Lipinski definition) is 2. The first-order valence-corrected chi connectivity index (χ1v) is 4.47. The average Bonchev–Trinajstić information content (AvgIpc) is 1.95. The highest BCUT2D eigenvalue weighted by Gasteiger charge is 2.10. The molecule has 0 bridgehead atoms. The zero-order valence-electron chi connectivity index (χ0n) is 9.03. The van der Waals surface area contributed by atoms with Crippen LogP contribution >= 0.6 is 0 Å². The molecule has 2 N–H and O–H groups in total. The maximum absolute atomic E-state index is 11.2. The molecule has 1 amide bonds. The van der Waals surface area contributed by atoms with E-state index in [1.54, 1.807) is 0 Å². The summed E-state index contributed by atoms with van der Waals surface area (Å²) < 4.78 is 0. The molecule has 0 saturated carbocycles. The van der Waals surface area contributed by atoms with Gasteiger partial charge in [-0.1, -0.05) is 12.2 Å². The Morgan fingerprint density at radius 1 is 1.31 bits per heavy atom. The van der Waals surface area contributed by atoms with Crippen LogP contribution in [0.1, 0.15) is 27.7 Å². The van der Waals surface area contributed by atoms with Crippen LogP contribution in [-0.2, 0) is 4.79 Å². The van der Waals surface area contributed by atoms with Crippen molar-refractivity contribution >= 4 is 5.91 Å². The highest BCUT2D eigenvalue weighted by atomic mass is 16.1. The molecule has 76 valence electrons. The fourth-order valence-corrected chi connectivity index (χ4v) is 0.657. The first-order chi connectivity index (χ1) is 5.81. The molecule has 13 heavy (non-hydrogen) atoms. The monoisotopic (exact) mass is 184 g/mol. The van der Waals surface area contributed by atoms with E-state index in [1.165, 1.54) is 0 Å². The van der Waals surface area contributed by atoms with Crippen LogP contribution in [-0.4, -0.2) is 24.5 Å². The molecule has 0 atom stereocenters. The van der Waals surface area contributed by atoms with E-state index in [1.807, 2.05) is 27.7 Å². The van der Waals surface area contributed by atoms with Crippen molar-refractivity contribution in [3.63, 3.8) is 0 Å². The van der Waals surface area contributed by atoms with Gasteiger partial charge in [-0.15, -0.1) is 0 Å². The van der Waals surface area contributed by atoms with E-state index in [0.29, 0.717) is 13.1 Å². The lowest BCUT2D eigenvalue weighted by atomic mass is 10.1. The van der Waals surface area contributed by atoms with Crippen molar-refractivity contribution in [2.24, 2.45) is 0 Å². The lowest BCUT2D eigenvalue weighted by Gasteiger charge is -2.19. The minimum Gasteiger partial charge on any atom is -0.351 e. The van der Waals surface area contributed by atoms with Crippen LogP contribution in [0.2, 0.25) is 0 Å². The fourth-order valence-electron chi connectivity index (χ4n) is 0.657. The standard InChI is InChI=1S/C10H20N2O/c1-8(2)6-11-9(13)7-12-10(3,4)5/h12H,1,6-7H2,2-5H3,(H,11,13). The topological polar surface area (TPSA) is 41.1 Å². The molecular formula is C10H20N2O. The van der Waals surface area contributed by atoms with Gasteiger partial charge < -0.3 is 10.6 Å². The molecule has 0 saturated heterocycles. The zero-order valence-corrected chi connectivity index (χ0v) is 9.03. The van der Waals surface area contributed by atoms with E-state index >= 15 is 0 Å². The predicted octanol–water partition coefficient (Wildman–Crippen LogP) is 1.07. The molecule has 3 heteroatoms. The smallest absolute Gasteiger partial charge is 0.234 e. The molecule has 0 radical (unpaired) electrons. The number of rotatable bonds is 4. The Hall–Kier alpha value is -0.830. The molecule has 3 nitrogen and oxygen atoms in total. The number of amides is 1. The van der Waals surface area contributed by atoms with E-state index in [2.05, 4.69) is 17.2 Å². The summed E-state index contributed by atoms with van der Waals surface area (Å²) in [6, 6.07) is 0. The van der Waals surface area contributed by atoms with Crippen LogP contribution in [0.5, 0.6) is 0 Å². The molecule has 0 aliphatic carbocycles. The van der Waals surface area contributed by atoms with Gasteiger partial charge >= 0.3 is 0 Å². The van der Waals surface area contributed by atoms with Gasteiger partial charge in [-0.2, -0.15) is 0 Å². The van der Waals surface area contributed by atoms with Crippen LogP contribution in [0.4, 0.5) is 0 Å². The summed E-state index contributed by atoms with van der Waals surface area (Å²) in [5, 5.41) is 5.86. The summed E-state index contributed by atoms with van der Waals surface area (Å²) >= 11 is 0. The molecule has 0 heterocycles. The first kappa shape index (κ1) is 12.2. The molecule has 0 aromatic carbocycles. The minimum atomic E-state index is -0.0133. The van der Waals surface area contributed by atoms with Crippen molar-refractivity contribution in [3.05, 3.63) is 12.2 Å². The molecule has 0 aromatic rings. The summed E-state index contributed by atoms with van der Waals surface area (Å²) in [5.41, 5.74) is 0.949. The minimum absolute atomic E-state index is 0.0120. The third kappa shape index (κ3) is 9.08. The summed E-state index contributed by atoms with van der Waals surface area (Å²) in [6.45, 7) is 12.6. The Morgan fingerprint density at radius 2 is 1.85 bits per heavy atom. The molecule has 0 fully saturated rings. The lowest BCUT2D eigenvalue weighted by Crippen LogP contribution is -2.43. The van der Waals surface area contributed by atoms with Crippen molar-refractivity contribution in [3.8, 4) is 0 Å². The number of hydrogen-bond donors (Lipinski definition) is 2. The third-order valence-corrected chi connectivity index (χ3v) is 1.37. The Kier molecular flexibility index (Phi) is 4.70. The van der Waals surface area contributed by atoms with Gasteiger partial charge in [0.05, 0.1) is 6.54 Å². The molecule has 0 aliphatic heterocycles. The summed E-state index contributed by atoms with van der Waals surface area (Å²) in [4.78, 5) is 11.2. The maximum atomic E-state index is 11.2. The van der Waals surface area contributed by atoms with Crippen molar-refractivity contribution in [2.45, 2.75) is 33.2 Å². The van der Waals surface area contributed by atoms with Crippen molar-refractivity contribution in [2.75, 3.05) is 13.1 Å². The van der Waals surface area contributed by atoms with Gasteiger partial charge in [0.15, 0.2) is 0 Å². The van der Waals surface area contributed by atoms with Crippen LogP contribution in [0.3, 0.4) is 0 Å². The molecule has 0 aliphatic rings. The van der Waals surface area contributed by atoms with Crippen LogP contribution in [0.25, 0.3) is 0 Å². The van der Waals surface area contributed by atoms with Gasteiger partial charge in [-0.3, -0.25) is 4.79 Å². The van der Waals surface area contributed by atoms with Gasteiger partial charge in [0.25, 0.3) is 0 Å². The summed E-state index contributed by atoms with van der Waals surface area (Å²) in [6.07, 6.45) is 0. The van der Waals surface area contributed by atoms with Crippen LogP contribution < -0.4 is 10.6 Å². The van der Waals surface area contributed by atoms with Crippen LogP contribution in [0, 0.1) is 0 Å². The largest absolute Gasteiger partial charge is 0.351 e. The normalized spacial score (nSPS) is 11.1. The molecule has 0 aromatic heterocycles. The zero-order chi connectivity index (χ0) is 10.5. The van der Waals surface area contributed by atoms with Gasteiger partial charge in [-0.25, -0.2) is 0 Å². The Morgan fingerprint density at radius 3 is 2.23 bits per heavy atom. The SMILES string of the molecule is C=C(C)CNC(=O)CNC(C)(C)C. The second-order valence-electron chi connectivity index (χ2n) is 4.34. The van der Waals surface area contributed by atoms with Gasteiger partial charge in [-0.05, 0) is 27.7 Å². The van der Waals surface area contributed by atoms with E-state index in [-0.39, 0.29) is 11.4 Å². The van der Waals surface area contributed by atoms with Gasteiger partial charge in [0.1, 0.15) is 0 Å². The third-order valence-electron chi connectivity index (χ3n) is 1.37. The second-order valence-corrected chi connectivity index (χ2v) is 4.34. The van der Waals surface area contributed by atoms with Crippen molar-refractivity contribution < 1.29 is 4.79 Å². The molecule has 0 spiro atoms. The van der Waals surface area contributed by atoms with E-state index in [0.717, 1.165) is 5.57 Å². The molecular weight excluding hydrogens is 164 g/mol. The Bertz CT molecular complexity index is 192. The fraction of sp³-hybridized carbons (Fsp3) is 0.700. The number of nitrogens with one attached hydrogen (secondary N) is 2. The second kappa shape index (κ2) is 5.02. The van der Waals surface area contributed by atoms with Gasteiger partial charge in [0, 0.05) is 12.1 Å². The summed E-state index contributed by atoms with van der Waals surface area (Å²) in [5.74, 6) is 0.0120. The Labute approximate surface area is 80.6 Å². The first-order valence-electron chi connectivity index (χ1n) is 4.47. The van der Waals surface area contributed by atoms with Crippen molar-refractivity contribution in [1.29, 1.82) is 0 Å². The Balaban J connectivity index is 3.58. The van der Waals surface area contributed by atoms with E-state index < -0.39 is 0 Å². The highest BCUT2D eigenvalue weighted by Crippen LogP contribution is 1.96. The maximum Gasteiger partial charge on any atom is 0.234 e. The predicted molar refractivity (Wildman–Crippen MR) is 55.6 cm³/mol. The molecule has 0 rings (SSSR count). The van der Waals surface area contributed by atoms with E-state index in [9.17, 15) is 4.79 Å². The summed E-state index contributed by atoms with van der Waals surface area (Å²) in [7, 11) is 0. The van der Waals surface area contributed by atoms with Gasteiger partial charge in [0.2, 0.25) is 5.91 Å². The quantitative estimate of drug-likeness (QED) is 0.642. The van der Waals surface area contributed by atoms with E-state index in [4.69, 9.17) is 0 Å². The van der Waals surface area contributed by atoms with Crippen molar-refractivity contribution in [1.82, 2.24) is 10.6 Å². The number of carbonyl (C=O) groups is 1. The molecule has 0 unspecified atom stereocenters. The van der Waals surface area contributed by atoms with Crippen LogP contribution in [0.15, 0.2) is 12.2 Å². The highest BCUT2D eigenvalue weighted by molar-refractivity contribution is 5.78. The lowest BCUT2D eigenvalue weighted by molar-refractivity contribution is -0.120. The number of carbonyl (C=O) groups excluding carboxylic acids is 1.